The molecule has 0 radical (unpaired) electrons. The molecule has 0 amide bonds. The number of benzene rings is 1. The lowest BCUT2D eigenvalue weighted by atomic mass is 9.91. The molecule has 0 saturated heterocycles. The Labute approximate surface area is 123 Å². The van der Waals surface area contributed by atoms with E-state index in [1.807, 2.05) is 7.05 Å². The van der Waals surface area contributed by atoms with Gasteiger partial charge in [0.05, 0.1) is 4.90 Å². The van der Waals surface area contributed by atoms with Gasteiger partial charge < -0.3 is 10.6 Å². The summed E-state index contributed by atoms with van der Waals surface area (Å²) in [7, 11) is -2.59. The Bertz CT molecular complexity index is 567. The van der Waals surface area contributed by atoms with Gasteiger partial charge >= 0.3 is 5.76 Å². The van der Waals surface area contributed by atoms with E-state index < -0.39 is 15.6 Å². The zero-order valence-corrected chi connectivity index (χ0v) is 12.7. The molecule has 1 aliphatic carbocycles. The van der Waals surface area contributed by atoms with Crippen molar-refractivity contribution in [3.8, 4) is 0 Å². The number of hydrogen-bond donors (Lipinski definition) is 1. The standard InChI is InChI=1S/C14H20F2N2O2S/c1-18(11-4-2-10(17)3-5-11)12-6-8-13(9-7-12)21(19,20)14(15)16/h6-11,14H,2-5,17H2,1H3. The molecule has 1 aromatic carbocycles. The Hall–Kier alpha value is -1.21. The van der Waals surface area contributed by atoms with Crippen molar-refractivity contribution in [1.29, 1.82) is 0 Å². The van der Waals surface area contributed by atoms with E-state index in [-0.39, 0.29) is 10.9 Å². The lowest BCUT2D eigenvalue weighted by molar-refractivity contribution is 0.234. The summed E-state index contributed by atoms with van der Waals surface area (Å²) in [6.45, 7) is 0. The van der Waals surface area contributed by atoms with Gasteiger partial charge in [0, 0.05) is 24.8 Å². The molecule has 1 aromatic rings. The summed E-state index contributed by atoms with van der Waals surface area (Å²) in [6, 6.07) is 6.23. The van der Waals surface area contributed by atoms with Crippen LogP contribution in [0.25, 0.3) is 0 Å². The normalized spacial score (nSPS) is 23.3. The van der Waals surface area contributed by atoms with Crippen LogP contribution in [0.2, 0.25) is 0 Å². The number of rotatable bonds is 4. The van der Waals surface area contributed by atoms with Crippen LogP contribution in [-0.2, 0) is 9.84 Å². The predicted molar refractivity (Wildman–Crippen MR) is 78.3 cm³/mol. The highest BCUT2D eigenvalue weighted by Gasteiger charge is 2.27. The summed E-state index contributed by atoms with van der Waals surface area (Å²) in [4.78, 5) is 1.71. The molecular formula is C14H20F2N2O2S. The van der Waals surface area contributed by atoms with Crippen molar-refractivity contribution in [2.24, 2.45) is 5.73 Å². The number of anilines is 1. The van der Waals surface area contributed by atoms with Crippen molar-refractivity contribution >= 4 is 15.5 Å². The van der Waals surface area contributed by atoms with Crippen molar-refractivity contribution in [3.05, 3.63) is 24.3 Å². The van der Waals surface area contributed by atoms with Crippen LogP contribution >= 0.6 is 0 Å². The molecule has 0 atom stereocenters. The summed E-state index contributed by atoms with van der Waals surface area (Å²) in [5.74, 6) is -3.39. The summed E-state index contributed by atoms with van der Waals surface area (Å²) >= 11 is 0. The maximum Gasteiger partial charge on any atom is 0.341 e. The Kier molecular flexibility index (Phi) is 4.83. The lowest BCUT2D eigenvalue weighted by Gasteiger charge is -2.35. The molecule has 1 aliphatic rings. The van der Waals surface area contributed by atoms with Crippen LogP contribution in [-0.4, -0.2) is 33.3 Å². The summed E-state index contributed by atoms with van der Waals surface area (Å²) in [6.07, 6.45) is 3.89. The fourth-order valence-electron chi connectivity index (χ4n) is 2.67. The minimum absolute atomic E-state index is 0.258. The second-order valence-electron chi connectivity index (χ2n) is 5.48. The third-order valence-electron chi connectivity index (χ3n) is 4.10. The average molecular weight is 318 g/mol. The maximum atomic E-state index is 12.5. The predicted octanol–water partition coefficient (Wildman–Crippen LogP) is 2.39. The van der Waals surface area contributed by atoms with Crippen LogP contribution in [0.1, 0.15) is 25.7 Å². The highest BCUT2D eigenvalue weighted by Crippen LogP contribution is 2.27. The SMILES string of the molecule is CN(c1ccc(S(=O)(=O)C(F)F)cc1)C1CCC(N)CC1. The van der Waals surface area contributed by atoms with E-state index in [0.29, 0.717) is 6.04 Å². The summed E-state index contributed by atoms with van der Waals surface area (Å²) in [5.41, 5.74) is 6.70. The molecule has 0 heterocycles. The van der Waals surface area contributed by atoms with E-state index in [2.05, 4.69) is 4.90 Å². The van der Waals surface area contributed by atoms with E-state index >= 15 is 0 Å². The molecule has 118 valence electrons. The van der Waals surface area contributed by atoms with E-state index in [1.165, 1.54) is 12.1 Å². The van der Waals surface area contributed by atoms with E-state index in [4.69, 9.17) is 5.73 Å². The topological polar surface area (TPSA) is 63.4 Å². The number of nitrogens with zero attached hydrogens (tertiary/aromatic N) is 1. The van der Waals surface area contributed by atoms with Gasteiger partial charge in [0.1, 0.15) is 0 Å². The Morgan fingerprint density at radius 3 is 2.14 bits per heavy atom. The molecule has 0 spiro atoms. The molecular weight excluding hydrogens is 298 g/mol. The van der Waals surface area contributed by atoms with Gasteiger partial charge in [-0.05, 0) is 49.9 Å². The minimum atomic E-state index is -4.52. The van der Waals surface area contributed by atoms with Gasteiger partial charge in [-0.1, -0.05) is 0 Å². The first kappa shape index (κ1) is 16.2. The maximum absolute atomic E-state index is 12.5. The molecule has 2 N–H and O–H groups in total. The molecule has 4 nitrogen and oxygen atoms in total. The number of hydrogen-bond acceptors (Lipinski definition) is 4. The van der Waals surface area contributed by atoms with Crippen molar-refractivity contribution in [3.63, 3.8) is 0 Å². The Balaban J connectivity index is 2.12. The Morgan fingerprint density at radius 1 is 1.14 bits per heavy atom. The molecule has 1 saturated carbocycles. The smallest absolute Gasteiger partial charge is 0.341 e. The summed E-state index contributed by atoms with van der Waals surface area (Å²) in [5, 5.41) is 0. The van der Waals surface area contributed by atoms with Crippen molar-refractivity contribution in [2.45, 2.75) is 48.4 Å². The fourth-order valence-corrected chi connectivity index (χ4v) is 3.39. The molecule has 21 heavy (non-hydrogen) atoms. The molecule has 1 fully saturated rings. The van der Waals surface area contributed by atoms with E-state index in [0.717, 1.165) is 31.4 Å². The Morgan fingerprint density at radius 2 is 1.67 bits per heavy atom. The fraction of sp³-hybridized carbons (Fsp3) is 0.571. The number of halogens is 2. The van der Waals surface area contributed by atoms with Crippen LogP contribution in [0.4, 0.5) is 14.5 Å². The van der Waals surface area contributed by atoms with Gasteiger partial charge in [0.2, 0.25) is 9.84 Å². The molecule has 0 aliphatic heterocycles. The minimum Gasteiger partial charge on any atom is -0.372 e. The molecule has 7 heteroatoms. The van der Waals surface area contributed by atoms with Crippen LogP contribution in [0.15, 0.2) is 29.2 Å². The van der Waals surface area contributed by atoms with Crippen LogP contribution in [0.5, 0.6) is 0 Å². The first-order valence-corrected chi connectivity index (χ1v) is 8.47. The van der Waals surface area contributed by atoms with Crippen molar-refractivity contribution < 1.29 is 17.2 Å². The highest BCUT2D eigenvalue weighted by atomic mass is 32.2. The van der Waals surface area contributed by atoms with Gasteiger partial charge in [-0.2, -0.15) is 8.78 Å². The van der Waals surface area contributed by atoms with Gasteiger partial charge in [0.25, 0.3) is 0 Å². The number of sulfone groups is 1. The van der Waals surface area contributed by atoms with Gasteiger partial charge in [-0.25, -0.2) is 8.42 Å². The molecule has 0 unspecified atom stereocenters. The third kappa shape index (κ3) is 3.52. The summed E-state index contributed by atoms with van der Waals surface area (Å²) < 4.78 is 47.7. The highest BCUT2D eigenvalue weighted by molar-refractivity contribution is 7.91. The monoisotopic (exact) mass is 318 g/mol. The van der Waals surface area contributed by atoms with Gasteiger partial charge in [-0.3, -0.25) is 0 Å². The first-order chi connectivity index (χ1) is 9.82. The van der Waals surface area contributed by atoms with Crippen LogP contribution < -0.4 is 10.6 Å². The second-order valence-corrected chi connectivity index (χ2v) is 7.40. The van der Waals surface area contributed by atoms with E-state index in [9.17, 15) is 17.2 Å². The van der Waals surface area contributed by atoms with Crippen LogP contribution in [0, 0.1) is 0 Å². The van der Waals surface area contributed by atoms with Gasteiger partial charge in [-0.15, -0.1) is 0 Å². The third-order valence-corrected chi connectivity index (χ3v) is 5.49. The van der Waals surface area contributed by atoms with Crippen LogP contribution in [0.3, 0.4) is 0 Å². The molecule has 2 rings (SSSR count). The molecule has 0 bridgehead atoms. The first-order valence-electron chi connectivity index (χ1n) is 6.93. The second kappa shape index (κ2) is 6.27. The van der Waals surface area contributed by atoms with Crippen molar-refractivity contribution in [1.82, 2.24) is 0 Å². The molecule has 0 aromatic heterocycles. The quantitative estimate of drug-likeness (QED) is 0.926. The number of alkyl halides is 2. The zero-order chi connectivity index (χ0) is 15.6. The van der Waals surface area contributed by atoms with Gasteiger partial charge in [0.15, 0.2) is 0 Å². The van der Waals surface area contributed by atoms with Crippen molar-refractivity contribution in [2.75, 3.05) is 11.9 Å². The average Bonchev–Trinajstić information content (AvgIpc) is 2.47. The zero-order valence-electron chi connectivity index (χ0n) is 11.9. The van der Waals surface area contributed by atoms with E-state index in [1.54, 1.807) is 12.1 Å². The largest absolute Gasteiger partial charge is 0.372 e. The lowest BCUT2D eigenvalue weighted by Crippen LogP contribution is -2.38. The number of nitrogens with two attached hydrogens (primary N) is 1.